The lowest BCUT2D eigenvalue weighted by Gasteiger charge is -2.58. The van der Waals surface area contributed by atoms with E-state index in [1.54, 1.807) is 0 Å². The molecule has 0 aromatic carbocycles. The van der Waals surface area contributed by atoms with Crippen molar-refractivity contribution in [3.05, 3.63) is 0 Å². The Hall–Kier alpha value is 0.410. The molecule has 74 valence electrons. The number of hydrogen-bond donors (Lipinski definition) is 0. The van der Waals surface area contributed by atoms with E-state index >= 15 is 0 Å². The number of hydrogen-bond acceptors (Lipinski definition) is 0. The van der Waals surface area contributed by atoms with Crippen molar-refractivity contribution in [2.24, 2.45) is 17.3 Å². The summed E-state index contributed by atoms with van der Waals surface area (Å²) in [6, 6.07) is 0. The van der Waals surface area contributed by atoms with Crippen molar-refractivity contribution in [3.8, 4) is 0 Å². The molecular formula is C11H16BrF. The van der Waals surface area contributed by atoms with E-state index in [0.29, 0.717) is 17.3 Å². The van der Waals surface area contributed by atoms with Crippen molar-refractivity contribution in [2.75, 3.05) is 5.33 Å². The third-order valence-corrected chi connectivity index (χ3v) is 5.58. The van der Waals surface area contributed by atoms with Crippen LogP contribution in [0.3, 0.4) is 0 Å². The van der Waals surface area contributed by atoms with Crippen LogP contribution in [0.4, 0.5) is 4.39 Å². The highest BCUT2D eigenvalue weighted by Crippen LogP contribution is 2.63. The van der Waals surface area contributed by atoms with Crippen molar-refractivity contribution >= 4 is 15.9 Å². The maximum absolute atomic E-state index is 14.3. The van der Waals surface area contributed by atoms with Gasteiger partial charge in [-0.1, -0.05) is 15.9 Å². The minimum atomic E-state index is -0.766. The van der Waals surface area contributed by atoms with Crippen molar-refractivity contribution in [1.82, 2.24) is 0 Å². The number of rotatable bonds is 1. The zero-order valence-electron chi connectivity index (χ0n) is 7.86. The van der Waals surface area contributed by atoms with Crippen LogP contribution in [-0.2, 0) is 0 Å². The van der Waals surface area contributed by atoms with Gasteiger partial charge in [-0.05, 0) is 55.8 Å². The lowest BCUT2D eigenvalue weighted by molar-refractivity contribution is -0.112. The molecule has 4 atom stereocenters. The van der Waals surface area contributed by atoms with Crippen molar-refractivity contribution in [1.29, 1.82) is 0 Å². The Morgan fingerprint density at radius 2 is 1.77 bits per heavy atom. The molecule has 4 aliphatic rings. The largest absolute Gasteiger partial charge is 0.244 e. The first-order chi connectivity index (χ1) is 6.13. The van der Waals surface area contributed by atoms with E-state index in [-0.39, 0.29) is 0 Å². The van der Waals surface area contributed by atoms with Gasteiger partial charge in [-0.25, -0.2) is 4.39 Å². The Labute approximate surface area is 87.4 Å². The van der Waals surface area contributed by atoms with E-state index in [0.717, 1.165) is 24.6 Å². The zero-order chi connectivity index (χ0) is 9.10. The van der Waals surface area contributed by atoms with E-state index < -0.39 is 5.67 Å². The third-order valence-electron chi connectivity index (χ3n) is 4.39. The van der Waals surface area contributed by atoms with Gasteiger partial charge < -0.3 is 0 Å². The summed E-state index contributed by atoms with van der Waals surface area (Å²) in [5, 5.41) is 1.03. The van der Waals surface area contributed by atoms with Gasteiger partial charge in [0, 0.05) is 5.33 Å². The predicted octanol–water partition coefficient (Wildman–Crippen LogP) is 3.69. The minimum Gasteiger partial charge on any atom is -0.244 e. The van der Waals surface area contributed by atoms with E-state index in [1.165, 1.54) is 19.3 Å². The first kappa shape index (κ1) is 8.70. The second-order valence-corrected chi connectivity index (χ2v) is 6.31. The van der Waals surface area contributed by atoms with Gasteiger partial charge in [0.05, 0.1) is 0 Å². The molecule has 0 spiro atoms. The highest BCUT2D eigenvalue weighted by molar-refractivity contribution is 9.09. The highest BCUT2D eigenvalue weighted by Gasteiger charge is 2.57. The summed E-state index contributed by atoms with van der Waals surface area (Å²) in [5.74, 6) is 1.42. The van der Waals surface area contributed by atoms with Gasteiger partial charge in [0.15, 0.2) is 0 Å². The van der Waals surface area contributed by atoms with Crippen LogP contribution in [0.5, 0.6) is 0 Å². The average molecular weight is 247 g/mol. The lowest BCUT2D eigenvalue weighted by atomic mass is 9.49. The smallest absolute Gasteiger partial charge is 0.112 e. The number of halogens is 2. The normalized spacial score (nSPS) is 58.6. The number of alkyl halides is 2. The summed E-state index contributed by atoms with van der Waals surface area (Å²) in [7, 11) is 0. The van der Waals surface area contributed by atoms with E-state index in [1.807, 2.05) is 0 Å². The second kappa shape index (κ2) is 2.50. The van der Waals surface area contributed by atoms with E-state index in [4.69, 9.17) is 0 Å². The maximum atomic E-state index is 14.3. The van der Waals surface area contributed by atoms with Crippen LogP contribution in [0.25, 0.3) is 0 Å². The minimum absolute atomic E-state index is 0.346. The first-order valence-electron chi connectivity index (χ1n) is 5.38. The Morgan fingerprint density at radius 3 is 2.23 bits per heavy atom. The van der Waals surface area contributed by atoms with Crippen molar-refractivity contribution in [2.45, 2.75) is 44.2 Å². The van der Waals surface area contributed by atoms with Crippen LogP contribution in [0.1, 0.15) is 38.5 Å². The molecule has 4 rings (SSSR count). The van der Waals surface area contributed by atoms with Crippen LogP contribution in [0.15, 0.2) is 0 Å². The molecule has 0 amide bonds. The molecular weight excluding hydrogens is 231 g/mol. The highest BCUT2D eigenvalue weighted by atomic mass is 79.9. The molecule has 0 aromatic rings. The molecule has 0 aliphatic heterocycles. The Kier molecular flexibility index (Phi) is 1.67. The predicted molar refractivity (Wildman–Crippen MR) is 54.7 cm³/mol. The molecule has 2 heteroatoms. The summed E-state index contributed by atoms with van der Waals surface area (Å²) in [6.45, 7) is 0. The van der Waals surface area contributed by atoms with Gasteiger partial charge in [-0.2, -0.15) is 0 Å². The lowest BCUT2D eigenvalue weighted by Crippen LogP contribution is -2.54. The topological polar surface area (TPSA) is 0 Å². The van der Waals surface area contributed by atoms with Gasteiger partial charge in [-0.15, -0.1) is 0 Å². The molecule has 0 saturated heterocycles. The van der Waals surface area contributed by atoms with Crippen molar-refractivity contribution < 1.29 is 4.39 Å². The van der Waals surface area contributed by atoms with Gasteiger partial charge in [0.1, 0.15) is 5.67 Å². The fourth-order valence-electron chi connectivity index (χ4n) is 4.49. The summed E-state index contributed by atoms with van der Waals surface area (Å²) in [5.41, 5.74) is -0.420. The standard InChI is InChI=1S/C11H16BrF/c12-7-10-2-8-1-9(3-10)5-11(13,4-8)6-10/h8-9H,1-7H2/t8-,9+,10?,11?. The SMILES string of the molecule is FC12C[C@H]3C[C@@H](C1)CC(CBr)(C3)C2. The molecule has 0 heterocycles. The Bertz CT molecular complexity index is 224. The van der Waals surface area contributed by atoms with Crippen LogP contribution < -0.4 is 0 Å². The zero-order valence-corrected chi connectivity index (χ0v) is 9.45. The third kappa shape index (κ3) is 1.20. The average Bonchev–Trinajstić information content (AvgIpc) is 1.99. The molecule has 2 unspecified atom stereocenters. The molecule has 0 N–H and O–H groups in total. The van der Waals surface area contributed by atoms with Gasteiger partial charge in [0.25, 0.3) is 0 Å². The van der Waals surface area contributed by atoms with Crippen molar-refractivity contribution in [3.63, 3.8) is 0 Å². The molecule has 4 bridgehead atoms. The van der Waals surface area contributed by atoms with E-state index in [2.05, 4.69) is 15.9 Å². The van der Waals surface area contributed by atoms with Crippen LogP contribution in [0, 0.1) is 17.3 Å². The molecule has 0 nitrogen and oxygen atoms in total. The van der Waals surface area contributed by atoms with Crippen LogP contribution >= 0.6 is 15.9 Å². The summed E-state index contributed by atoms with van der Waals surface area (Å²) >= 11 is 3.60. The molecule has 0 radical (unpaired) electrons. The van der Waals surface area contributed by atoms with Gasteiger partial charge in [0.2, 0.25) is 0 Å². The molecule has 4 fully saturated rings. The van der Waals surface area contributed by atoms with Gasteiger partial charge >= 0.3 is 0 Å². The Morgan fingerprint density at radius 1 is 1.15 bits per heavy atom. The summed E-state index contributed by atoms with van der Waals surface area (Å²) in [6.07, 6.45) is 6.50. The summed E-state index contributed by atoms with van der Waals surface area (Å²) in [4.78, 5) is 0. The fourth-order valence-corrected chi connectivity index (χ4v) is 5.15. The Balaban J connectivity index is 1.95. The van der Waals surface area contributed by atoms with Gasteiger partial charge in [-0.3, -0.25) is 0 Å². The molecule has 4 aliphatic carbocycles. The van der Waals surface area contributed by atoms with E-state index in [9.17, 15) is 4.39 Å². The fraction of sp³-hybridized carbons (Fsp3) is 1.00. The first-order valence-corrected chi connectivity index (χ1v) is 6.50. The quantitative estimate of drug-likeness (QED) is 0.620. The molecule has 4 saturated carbocycles. The summed E-state index contributed by atoms with van der Waals surface area (Å²) < 4.78 is 14.3. The van der Waals surface area contributed by atoms with Crippen LogP contribution in [0.2, 0.25) is 0 Å². The second-order valence-electron chi connectivity index (χ2n) is 5.75. The maximum Gasteiger partial charge on any atom is 0.112 e. The van der Waals surface area contributed by atoms with Crippen LogP contribution in [-0.4, -0.2) is 11.0 Å². The molecule has 13 heavy (non-hydrogen) atoms. The monoisotopic (exact) mass is 246 g/mol. The molecule has 0 aromatic heterocycles.